The molecule has 1 aliphatic rings. The molecule has 0 saturated carbocycles. The Bertz CT molecular complexity index is 458. The second-order valence-corrected chi connectivity index (χ2v) is 5.69. The van der Waals surface area contributed by atoms with Gasteiger partial charge in [-0.15, -0.1) is 0 Å². The molecule has 0 radical (unpaired) electrons. The normalized spacial score (nSPS) is 22.4. The van der Waals surface area contributed by atoms with E-state index < -0.39 is 0 Å². The van der Waals surface area contributed by atoms with E-state index in [1.54, 1.807) is 0 Å². The molecule has 110 valence electrons. The van der Waals surface area contributed by atoms with Gasteiger partial charge in [0.1, 0.15) is 0 Å². The van der Waals surface area contributed by atoms with Crippen molar-refractivity contribution >= 4 is 11.7 Å². The van der Waals surface area contributed by atoms with Gasteiger partial charge >= 0.3 is 5.97 Å². The summed E-state index contributed by atoms with van der Waals surface area (Å²) in [4.78, 5) is 14.5. The lowest BCUT2D eigenvalue weighted by atomic mass is 9.81. The number of rotatable bonds is 4. The van der Waals surface area contributed by atoms with Crippen LogP contribution in [0.15, 0.2) is 24.3 Å². The summed E-state index contributed by atoms with van der Waals surface area (Å²) in [7, 11) is 3.56. The molecule has 1 heterocycles. The van der Waals surface area contributed by atoms with E-state index in [0.717, 1.165) is 30.6 Å². The van der Waals surface area contributed by atoms with Crippen LogP contribution in [0.4, 0.5) is 5.69 Å². The lowest BCUT2D eigenvalue weighted by Crippen LogP contribution is -2.40. The Labute approximate surface area is 120 Å². The molecule has 3 unspecified atom stereocenters. The fourth-order valence-electron chi connectivity index (χ4n) is 3.23. The molecular weight excluding hydrogens is 252 g/mol. The highest BCUT2D eigenvalue weighted by molar-refractivity contribution is 5.74. The van der Waals surface area contributed by atoms with Crippen LogP contribution in [0.2, 0.25) is 0 Å². The standard InChI is InChI=1S/C16H24N2O2/c1-11(12-6-8-13(17)9-7-12)15(16(19)20-3)14-5-4-10-18(14)2/h6-9,11,14-15H,4-5,10,17H2,1-3H3. The van der Waals surface area contributed by atoms with Crippen LogP contribution in [0.1, 0.15) is 31.2 Å². The molecule has 20 heavy (non-hydrogen) atoms. The van der Waals surface area contributed by atoms with Crippen molar-refractivity contribution in [1.29, 1.82) is 0 Å². The first-order valence-corrected chi connectivity index (χ1v) is 7.18. The number of hydrogen-bond donors (Lipinski definition) is 1. The van der Waals surface area contributed by atoms with E-state index in [2.05, 4.69) is 18.9 Å². The maximum absolute atomic E-state index is 12.3. The Balaban J connectivity index is 2.26. The summed E-state index contributed by atoms with van der Waals surface area (Å²) in [6, 6.07) is 8.04. The van der Waals surface area contributed by atoms with Crippen molar-refractivity contribution in [2.24, 2.45) is 5.92 Å². The van der Waals surface area contributed by atoms with E-state index in [1.165, 1.54) is 7.11 Å². The van der Waals surface area contributed by atoms with Crippen molar-refractivity contribution in [3.8, 4) is 0 Å². The molecule has 0 bridgehead atoms. The average molecular weight is 276 g/mol. The Morgan fingerprint density at radius 1 is 1.40 bits per heavy atom. The molecule has 2 rings (SSSR count). The molecule has 4 nitrogen and oxygen atoms in total. The van der Waals surface area contributed by atoms with Gasteiger partial charge in [-0.2, -0.15) is 0 Å². The molecule has 0 aliphatic carbocycles. The smallest absolute Gasteiger partial charge is 0.310 e. The van der Waals surface area contributed by atoms with E-state index in [4.69, 9.17) is 10.5 Å². The minimum absolute atomic E-state index is 0.118. The van der Waals surface area contributed by atoms with Gasteiger partial charge in [0.25, 0.3) is 0 Å². The van der Waals surface area contributed by atoms with Crippen LogP contribution in [-0.2, 0) is 9.53 Å². The summed E-state index contributed by atoms with van der Waals surface area (Å²) in [5, 5.41) is 0. The molecule has 1 aliphatic heterocycles. The minimum atomic E-state index is -0.129. The van der Waals surface area contributed by atoms with Crippen molar-refractivity contribution in [3.05, 3.63) is 29.8 Å². The second-order valence-electron chi connectivity index (χ2n) is 5.69. The summed E-state index contributed by atoms with van der Waals surface area (Å²) < 4.78 is 5.05. The van der Waals surface area contributed by atoms with Gasteiger partial charge in [-0.25, -0.2) is 0 Å². The van der Waals surface area contributed by atoms with Crippen molar-refractivity contribution in [3.63, 3.8) is 0 Å². The van der Waals surface area contributed by atoms with Gasteiger partial charge in [0, 0.05) is 11.7 Å². The van der Waals surface area contributed by atoms with E-state index >= 15 is 0 Å². The Hall–Kier alpha value is -1.55. The third-order valence-electron chi connectivity index (χ3n) is 4.47. The fraction of sp³-hybridized carbons (Fsp3) is 0.562. The highest BCUT2D eigenvalue weighted by atomic mass is 16.5. The Kier molecular flexibility index (Phi) is 4.65. The van der Waals surface area contributed by atoms with E-state index in [9.17, 15) is 4.79 Å². The van der Waals surface area contributed by atoms with E-state index in [0.29, 0.717) is 0 Å². The van der Waals surface area contributed by atoms with Crippen molar-refractivity contribution in [2.75, 3.05) is 26.4 Å². The minimum Gasteiger partial charge on any atom is -0.469 e. The SMILES string of the molecule is COC(=O)C(C(C)c1ccc(N)cc1)C1CCCN1C. The Morgan fingerprint density at radius 3 is 2.55 bits per heavy atom. The number of methoxy groups -OCH3 is 1. The highest BCUT2D eigenvalue weighted by Gasteiger charge is 2.38. The predicted octanol–water partition coefficient (Wildman–Crippen LogP) is 2.26. The fourth-order valence-corrected chi connectivity index (χ4v) is 3.23. The molecule has 2 N–H and O–H groups in total. The van der Waals surface area contributed by atoms with Gasteiger partial charge in [0.15, 0.2) is 0 Å². The maximum atomic E-state index is 12.3. The largest absolute Gasteiger partial charge is 0.469 e. The van der Waals surface area contributed by atoms with Crippen LogP contribution < -0.4 is 5.73 Å². The molecule has 1 aromatic carbocycles. The zero-order valence-electron chi connectivity index (χ0n) is 12.5. The first-order valence-electron chi connectivity index (χ1n) is 7.18. The lowest BCUT2D eigenvalue weighted by molar-refractivity contribution is -0.148. The van der Waals surface area contributed by atoms with E-state index in [1.807, 2.05) is 24.3 Å². The maximum Gasteiger partial charge on any atom is 0.310 e. The number of nitrogens with zero attached hydrogens (tertiary/aromatic N) is 1. The van der Waals surface area contributed by atoms with Gasteiger partial charge in [0.2, 0.25) is 0 Å². The molecular formula is C16H24N2O2. The number of likely N-dealkylation sites (tertiary alicyclic amines) is 1. The zero-order valence-corrected chi connectivity index (χ0v) is 12.5. The number of nitrogens with two attached hydrogens (primary N) is 1. The first-order chi connectivity index (χ1) is 9.54. The zero-order chi connectivity index (χ0) is 14.7. The lowest BCUT2D eigenvalue weighted by Gasteiger charge is -2.31. The van der Waals surface area contributed by atoms with E-state index in [-0.39, 0.29) is 23.8 Å². The molecule has 1 aromatic rings. The average Bonchev–Trinajstić information content (AvgIpc) is 2.85. The quantitative estimate of drug-likeness (QED) is 0.677. The van der Waals surface area contributed by atoms with Crippen molar-refractivity contribution < 1.29 is 9.53 Å². The number of benzene rings is 1. The van der Waals surface area contributed by atoms with Crippen LogP contribution in [-0.4, -0.2) is 37.6 Å². The van der Waals surface area contributed by atoms with Gasteiger partial charge in [-0.05, 0) is 50.0 Å². The van der Waals surface area contributed by atoms with Crippen LogP contribution >= 0.6 is 0 Å². The number of anilines is 1. The predicted molar refractivity (Wildman–Crippen MR) is 80.4 cm³/mol. The molecule has 1 fully saturated rings. The molecule has 0 amide bonds. The third-order valence-corrected chi connectivity index (χ3v) is 4.47. The van der Waals surface area contributed by atoms with Crippen molar-refractivity contribution in [2.45, 2.75) is 31.7 Å². The third kappa shape index (κ3) is 2.96. The number of carbonyl (C=O) groups excluding carboxylic acids is 1. The van der Waals surface area contributed by atoms with Gasteiger partial charge < -0.3 is 15.4 Å². The topological polar surface area (TPSA) is 55.6 Å². The van der Waals surface area contributed by atoms with Gasteiger partial charge in [-0.3, -0.25) is 4.79 Å². The molecule has 3 atom stereocenters. The summed E-state index contributed by atoms with van der Waals surface area (Å²) in [6.45, 7) is 3.14. The number of nitrogen functional groups attached to an aromatic ring is 1. The number of carbonyl (C=O) groups is 1. The highest BCUT2D eigenvalue weighted by Crippen LogP contribution is 2.34. The van der Waals surface area contributed by atoms with Crippen LogP contribution in [0.25, 0.3) is 0 Å². The van der Waals surface area contributed by atoms with Crippen LogP contribution in [0.3, 0.4) is 0 Å². The number of ether oxygens (including phenoxy) is 1. The summed E-state index contributed by atoms with van der Waals surface area (Å²) >= 11 is 0. The summed E-state index contributed by atoms with van der Waals surface area (Å²) in [6.07, 6.45) is 2.19. The van der Waals surface area contributed by atoms with Crippen LogP contribution in [0.5, 0.6) is 0 Å². The Morgan fingerprint density at radius 2 is 2.05 bits per heavy atom. The van der Waals surface area contributed by atoms with Gasteiger partial charge in [-0.1, -0.05) is 19.1 Å². The molecule has 0 spiro atoms. The monoisotopic (exact) mass is 276 g/mol. The summed E-state index contributed by atoms with van der Waals surface area (Å²) in [5.41, 5.74) is 7.61. The first kappa shape index (κ1) is 14.9. The molecule has 1 saturated heterocycles. The summed E-state index contributed by atoms with van der Waals surface area (Å²) in [5.74, 6) is -0.127. The number of esters is 1. The molecule has 0 aromatic heterocycles. The van der Waals surface area contributed by atoms with Crippen molar-refractivity contribution in [1.82, 2.24) is 4.90 Å². The second kappa shape index (κ2) is 6.27. The molecule has 4 heteroatoms. The number of hydrogen-bond acceptors (Lipinski definition) is 4. The van der Waals surface area contributed by atoms with Gasteiger partial charge in [0.05, 0.1) is 13.0 Å². The van der Waals surface area contributed by atoms with Crippen LogP contribution in [0, 0.1) is 5.92 Å².